The molecular formula is C15H13F4N. The molecule has 0 amide bonds. The Morgan fingerprint density at radius 3 is 2.15 bits per heavy atom. The summed E-state index contributed by atoms with van der Waals surface area (Å²) in [6, 6.07) is 9.25. The first-order chi connectivity index (χ1) is 9.29. The Labute approximate surface area is 114 Å². The van der Waals surface area contributed by atoms with Crippen LogP contribution in [0, 0.1) is 5.82 Å². The third-order valence-corrected chi connectivity index (χ3v) is 2.95. The zero-order chi connectivity index (χ0) is 14.9. The second kappa shape index (κ2) is 5.15. The molecule has 0 spiro atoms. The van der Waals surface area contributed by atoms with Crippen molar-refractivity contribution in [3.8, 4) is 11.1 Å². The minimum atomic E-state index is -4.39. The Morgan fingerprint density at radius 2 is 1.55 bits per heavy atom. The topological polar surface area (TPSA) is 3.24 Å². The summed E-state index contributed by atoms with van der Waals surface area (Å²) in [5, 5.41) is 0. The number of halogens is 4. The van der Waals surface area contributed by atoms with E-state index in [1.807, 2.05) is 0 Å². The molecular weight excluding hydrogens is 270 g/mol. The van der Waals surface area contributed by atoms with Gasteiger partial charge in [-0.1, -0.05) is 18.2 Å². The summed E-state index contributed by atoms with van der Waals surface area (Å²) in [5.41, 5.74) is 0.565. The lowest BCUT2D eigenvalue weighted by atomic mass is 10.0. The Bertz CT molecular complexity index is 618. The van der Waals surface area contributed by atoms with E-state index in [9.17, 15) is 17.6 Å². The Balaban J connectivity index is 2.49. The highest BCUT2D eigenvalue weighted by Gasteiger charge is 2.30. The summed E-state index contributed by atoms with van der Waals surface area (Å²) in [7, 11) is 3.35. The molecule has 0 radical (unpaired) electrons. The zero-order valence-electron chi connectivity index (χ0n) is 11.0. The molecule has 0 heterocycles. The lowest BCUT2D eigenvalue weighted by molar-refractivity contribution is -0.137. The van der Waals surface area contributed by atoms with E-state index in [4.69, 9.17) is 0 Å². The SMILES string of the molecule is CN(C)c1cc(-c2cccc(C(F)(F)F)c2)ccc1F. The monoisotopic (exact) mass is 283 g/mol. The average molecular weight is 283 g/mol. The molecule has 2 rings (SSSR count). The summed E-state index contributed by atoms with van der Waals surface area (Å²) in [6.45, 7) is 0. The average Bonchev–Trinajstić information content (AvgIpc) is 2.38. The smallest absolute Gasteiger partial charge is 0.375 e. The van der Waals surface area contributed by atoms with Crippen LogP contribution in [0.1, 0.15) is 5.56 Å². The highest BCUT2D eigenvalue weighted by molar-refractivity contribution is 5.69. The number of hydrogen-bond acceptors (Lipinski definition) is 1. The lowest BCUT2D eigenvalue weighted by Crippen LogP contribution is -2.10. The van der Waals surface area contributed by atoms with E-state index in [2.05, 4.69) is 0 Å². The number of benzene rings is 2. The molecule has 106 valence electrons. The minimum absolute atomic E-state index is 0.333. The standard InChI is InChI=1S/C15H13F4N/c1-20(2)14-9-11(6-7-13(14)16)10-4-3-5-12(8-10)15(17,18)19/h3-9H,1-2H3. The van der Waals surface area contributed by atoms with E-state index in [1.165, 1.54) is 24.3 Å². The molecule has 1 nitrogen and oxygen atoms in total. The van der Waals surface area contributed by atoms with E-state index < -0.39 is 17.6 Å². The Hall–Kier alpha value is -2.04. The fraction of sp³-hybridized carbons (Fsp3) is 0.200. The van der Waals surface area contributed by atoms with Crippen LogP contribution in [0.3, 0.4) is 0 Å². The van der Waals surface area contributed by atoms with Crippen molar-refractivity contribution in [1.82, 2.24) is 0 Å². The van der Waals surface area contributed by atoms with Crippen LogP contribution in [0.4, 0.5) is 23.2 Å². The summed E-state index contributed by atoms with van der Waals surface area (Å²) < 4.78 is 51.6. The van der Waals surface area contributed by atoms with E-state index in [0.29, 0.717) is 16.8 Å². The van der Waals surface area contributed by atoms with Crippen molar-refractivity contribution in [2.75, 3.05) is 19.0 Å². The van der Waals surface area contributed by atoms with Crippen LogP contribution in [-0.2, 0) is 6.18 Å². The van der Waals surface area contributed by atoms with E-state index in [1.54, 1.807) is 25.1 Å². The summed E-state index contributed by atoms with van der Waals surface area (Å²) in [6.07, 6.45) is -4.39. The van der Waals surface area contributed by atoms with Crippen molar-refractivity contribution in [2.24, 2.45) is 0 Å². The number of anilines is 1. The Morgan fingerprint density at radius 1 is 0.900 bits per heavy atom. The van der Waals surface area contributed by atoms with Gasteiger partial charge in [0.1, 0.15) is 5.82 Å². The van der Waals surface area contributed by atoms with Gasteiger partial charge >= 0.3 is 6.18 Å². The van der Waals surface area contributed by atoms with Gasteiger partial charge < -0.3 is 4.90 Å². The van der Waals surface area contributed by atoms with Crippen molar-refractivity contribution in [1.29, 1.82) is 0 Å². The maximum absolute atomic E-state index is 13.6. The lowest BCUT2D eigenvalue weighted by Gasteiger charge is -2.15. The second-order valence-electron chi connectivity index (χ2n) is 4.64. The number of rotatable bonds is 2. The molecule has 0 saturated carbocycles. The van der Waals surface area contributed by atoms with Crippen molar-refractivity contribution in [3.63, 3.8) is 0 Å². The zero-order valence-corrected chi connectivity index (χ0v) is 11.0. The first kappa shape index (κ1) is 14.4. The third-order valence-electron chi connectivity index (χ3n) is 2.95. The molecule has 0 fully saturated rings. The van der Waals surface area contributed by atoms with E-state index >= 15 is 0 Å². The van der Waals surface area contributed by atoms with Crippen molar-refractivity contribution in [2.45, 2.75) is 6.18 Å². The molecule has 0 N–H and O–H groups in total. The molecule has 20 heavy (non-hydrogen) atoms. The molecule has 2 aromatic rings. The minimum Gasteiger partial charge on any atom is -0.375 e. The molecule has 0 saturated heterocycles. The normalized spacial score (nSPS) is 11.5. The highest BCUT2D eigenvalue weighted by atomic mass is 19.4. The van der Waals surface area contributed by atoms with Gasteiger partial charge in [0.2, 0.25) is 0 Å². The summed E-state index contributed by atoms with van der Waals surface area (Å²) in [5.74, 6) is -0.411. The summed E-state index contributed by atoms with van der Waals surface area (Å²) in [4.78, 5) is 1.58. The largest absolute Gasteiger partial charge is 0.416 e. The molecule has 0 aromatic heterocycles. The summed E-state index contributed by atoms with van der Waals surface area (Å²) >= 11 is 0. The van der Waals surface area contributed by atoms with Crippen LogP contribution in [0.5, 0.6) is 0 Å². The molecule has 0 bridgehead atoms. The van der Waals surface area contributed by atoms with E-state index in [0.717, 1.165) is 12.1 Å². The van der Waals surface area contributed by atoms with E-state index in [-0.39, 0.29) is 0 Å². The fourth-order valence-electron chi connectivity index (χ4n) is 1.91. The Kier molecular flexibility index (Phi) is 3.70. The number of nitrogens with zero attached hydrogens (tertiary/aromatic N) is 1. The molecule has 0 atom stereocenters. The fourth-order valence-corrected chi connectivity index (χ4v) is 1.91. The quantitative estimate of drug-likeness (QED) is 0.729. The van der Waals surface area contributed by atoms with Gasteiger partial charge in [-0.25, -0.2) is 4.39 Å². The molecule has 5 heteroatoms. The van der Waals surface area contributed by atoms with Gasteiger partial charge in [-0.2, -0.15) is 13.2 Å². The predicted molar refractivity (Wildman–Crippen MR) is 71.2 cm³/mol. The van der Waals surface area contributed by atoms with Crippen LogP contribution >= 0.6 is 0 Å². The molecule has 2 aromatic carbocycles. The predicted octanol–water partition coefficient (Wildman–Crippen LogP) is 4.58. The van der Waals surface area contributed by atoms with Gasteiger partial charge in [0.05, 0.1) is 11.3 Å². The highest BCUT2D eigenvalue weighted by Crippen LogP contribution is 2.33. The van der Waals surface area contributed by atoms with Crippen molar-refractivity contribution in [3.05, 3.63) is 53.8 Å². The van der Waals surface area contributed by atoms with Crippen LogP contribution in [0.15, 0.2) is 42.5 Å². The first-order valence-electron chi connectivity index (χ1n) is 5.93. The van der Waals surface area contributed by atoms with Crippen LogP contribution in [0.2, 0.25) is 0 Å². The number of hydrogen-bond donors (Lipinski definition) is 0. The third kappa shape index (κ3) is 2.92. The molecule has 0 unspecified atom stereocenters. The van der Waals surface area contributed by atoms with Gasteiger partial charge in [-0.05, 0) is 35.4 Å². The van der Waals surface area contributed by atoms with Gasteiger partial charge in [-0.15, -0.1) is 0 Å². The van der Waals surface area contributed by atoms with Gasteiger partial charge in [0.15, 0.2) is 0 Å². The molecule has 0 aliphatic heterocycles. The number of alkyl halides is 3. The van der Waals surface area contributed by atoms with Crippen LogP contribution in [-0.4, -0.2) is 14.1 Å². The molecule has 0 aliphatic rings. The van der Waals surface area contributed by atoms with Crippen molar-refractivity contribution >= 4 is 5.69 Å². The van der Waals surface area contributed by atoms with Crippen LogP contribution in [0.25, 0.3) is 11.1 Å². The maximum atomic E-state index is 13.6. The van der Waals surface area contributed by atoms with Gasteiger partial charge in [0, 0.05) is 14.1 Å². The molecule has 0 aliphatic carbocycles. The first-order valence-corrected chi connectivity index (χ1v) is 5.93. The maximum Gasteiger partial charge on any atom is 0.416 e. The second-order valence-corrected chi connectivity index (χ2v) is 4.64. The van der Waals surface area contributed by atoms with Crippen molar-refractivity contribution < 1.29 is 17.6 Å². The van der Waals surface area contributed by atoms with Gasteiger partial charge in [-0.3, -0.25) is 0 Å². The van der Waals surface area contributed by atoms with Crippen LogP contribution < -0.4 is 4.90 Å². The van der Waals surface area contributed by atoms with Gasteiger partial charge in [0.25, 0.3) is 0 Å².